The van der Waals surface area contributed by atoms with Crippen molar-refractivity contribution >= 4 is 51.5 Å². The molecule has 1 aliphatic carbocycles. The van der Waals surface area contributed by atoms with Gasteiger partial charge in [-0.25, -0.2) is 23.5 Å². The molecule has 144 valence electrons. The minimum absolute atomic E-state index is 0.0858. The Hall–Kier alpha value is -1.56. The molecule has 2 aromatic carbocycles. The highest BCUT2D eigenvalue weighted by Gasteiger charge is 2.32. The monoisotopic (exact) mass is 512 g/mol. The normalized spacial score (nSPS) is 14.7. The smallest absolute Gasteiger partial charge is 0.277 e. The molecule has 1 fully saturated rings. The van der Waals surface area contributed by atoms with Gasteiger partial charge in [0.05, 0.1) is 22.0 Å². The zero-order chi connectivity index (χ0) is 19.7. The molecular formula is C17H13ClF3IN2O3. The lowest BCUT2D eigenvalue weighted by Crippen LogP contribution is -2.31. The molecule has 1 atom stereocenters. The van der Waals surface area contributed by atoms with Crippen molar-refractivity contribution in [3.8, 4) is 0 Å². The highest BCUT2D eigenvalue weighted by atomic mass is 127. The second-order valence-electron chi connectivity index (χ2n) is 5.94. The minimum atomic E-state index is -1.45. The van der Waals surface area contributed by atoms with Gasteiger partial charge in [0.15, 0.2) is 17.9 Å². The van der Waals surface area contributed by atoms with E-state index >= 15 is 0 Å². The molecule has 0 aromatic heterocycles. The number of hydroxylamine groups is 1. The fraction of sp³-hybridized carbons (Fsp3) is 0.235. The van der Waals surface area contributed by atoms with E-state index in [1.807, 2.05) is 28.1 Å². The summed E-state index contributed by atoms with van der Waals surface area (Å²) in [4.78, 5) is 17.2. The molecule has 10 heteroatoms. The van der Waals surface area contributed by atoms with Crippen molar-refractivity contribution in [2.24, 2.45) is 5.92 Å². The van der Waals surface area contributed by atoms with Gasteiger partial charge in [0, 0.05) is 9.49 Å². The first-order chi connectivity index (χ1) is 12.8. The molecule has 0 bridgehead atoms. The zero-order valence-electron chi connectivity index (χ0n) is 13.5. The van der Waals surface area contributed by atoms with E-state index in [4.69, 9.17) is 16.4 Å². The molecule has 2 aromatic rings. The van der Waals surface area contributed by atoms with Crippen LogP contribution >= 0.6 is 34.2 Å². The summed E-state index contributed by atoms with van der Waals surface area (Å²) in [5.41, 5.74) is 0.780. The minimum Gasteiger partial charge on any atom is -0.366 e. The average molecular weight is 513 g/mol. The van der Waals surface area contributed by atoms with Crippen molar-refractivity contribution in [1.82, 2.24) is 5.48 Å². The summed E-state index contributed by atoms with van der Waals surface area (Å²) in [6.07, 6.45) is 0.305. The second-order valence-corrected chi connectivity index (χ2v) is 7.59. The number of hydrogen-bond donors (Lipinski definition) is 3. The predicted octanol–water partition coefficient (Wildman–Crippen LogP) is 4.50. The van der Waals surface area contributed by atoms with Crippen LogP contribution in [0.4, 0.5) is 24.5 Å². The molecule has 5 nitrogen and oxygen atoms in total. The maximum Gasteiger partial charge on any atom is 0.277 e. The molecule has 1 saturated carbocycles. The van der Waals surface area contributed by atoms with E-state index in [9.17, 15) is 23.1 Å². The van der Waals surface area contributed by atoms with Crippen LogP contribution in [0, 0.1) is 26.9 Å². The number of carbonyl (C=O) groups excluding carboxylic acids is 1. The molecule has 0 heterocycles. The molecule has 1 aliphatic rings. The fourth-order valence-electron chi connectivity index (χ4n) is 2.27. The molecular weight excluding hydrogens is 500 g/mol. The number of amides is 1. The van der Waals surface area contributed by atoms with E-state index in [2.05, 4.69) is 5.32 Å². The summed E-state index contributed by atoms with van der Waals surface area (Å²) in [7, 11) is 0. The number of hydrogen-bond acceptors (Lipinski definition) is 4. The number of anilines is 2. The fourth-order valence-corrected chi connectivity index (χ4v) is 2.91. The van der Waals surface area contributed by atoms with Gasteiger partial charge in [0.1, 0.15) is 5.82 Å². The van der Waals surface area contributed by atoms with Gasteiger partial charge in [-0.15, -0.1) is 0 Å². The summed E-state index contributed by atoms with van der Waals surface area (Å²) in [6.45, 7) is 0. The third-order valence-corrected chi connectivity index (χ3v) is 4.84. The van der Waals surface area contributed by atoms with E-state index in [0.717, 1.165) is 18.9 Å². The van der Waals surface area contributed by atoms with E-state index in [1.54, 1.807) is 6.07 Å². The first-order valence-electron chi connectivity index (χ1n) is 7.81. The quantitative estimate of drug-likeness (QED) is 0.231. The van der Waals surface area contributed by atoms with Crippen LogP contribution < -0.4 is 10.8 Å². The third-order valence-electron chi connectivity index (χ3n) is 3.90. The Morgan fingerprint density at radius 1 is 1.26 bits per heavy atom. The number of aliphatic hydroxyl groups is 1. The molecule has 1 unspecified atom stereocenters. The maximum absolute atomic E-state index is 14.4. The largest absolute Gasteiger partial charge is 0.366 e. The van der Waals surface area contributed by atoms with Crippen LogP contribution in [0.25, 0.3) is 0 Å². The van der Waals surface area contributed by atoms with Gasteiger partial charge >= 0.3 is 0 Å². The SMILES string of the molecule is O=C(NOC(O)C1CC1)c1cc(Cl)c(F)c(F)c1Nc1ccc(I)cc1F. The van der Waals surface area contributed by atoms with Crippen molar-refractivity contribution < 1.29 is 27.9 Å². The van der Waals surface area contributed by atoms with Gasteiger partial charge in [0.25, 0.3) is 5.91 Å². The van der Waals surface area contributed by atoms with Crippen LogP contribution in [0.1, 0.15) is 23.2 Å². The van der Waals surface area contributed by atoms with Gasteiger partial charge in [-0.3, -0.25) is 4.79 Å². The number of aliphatic hydroxyl groups excluding tert-OH is 1. The molecule has 0 aliphatic heterocycles. The van der Waals surface area contributed by atoms with E-state index in [1.165, 1.54) is 12.1 Å². The Kier molecular flexibility index (Phi) is 6.14. The Balaban J connectivity index is 1.91. The standard InChI is InChI=1S/C17H13ClF3IN2O3/c18-10-6-9(16(25)24-27-17(26)7-1-2-7)15(14(21)13(10)20)23-12-4-3-8(22)5-11(12)19/h3-7,17,23,26H,1-2H2,(H,24,25). The number of carbonyl (C=O) groups is 1. The average Bonchev–Trinajstić information content (AvgIpc) is 3.46. The topological polar surface area (TPSA) is 70.6 Å². The maximum atomic E-state index is 14.4. The van der Waals surface area contributed by atoms with Crippen LogP contribution in [0.5, 0.6) is 0 Å². The van der Waals surface area contributed by atoms with Gasteiger partial charge in [-0.2, -0.15) is 0 Å². The van der Waals surface area contributed by atoms with E-state index in [0.29, 0.717) is 3.57 Å². The van der Waals surface area contributed by atoms with Crippen molar-refractivity contribution in [3.05, 3.63) is 55.9 Å². The molecule has 0 spiro atoms. The number of halogens is 5. The summed E-state index contributed by atoms with van der Waals surface area (Å²) < 4.78 is 42.9. The molecule has 3 N–H and O–H groups in total. The van der Waals surface area contributed by atoms with Gasteiger partial charge in [-0.05, 0) is 59.7 Å². The third kappa shape index (κ3) is 4.65. The van der Waals surface area contributed by atoms with Crippen molar-refractivity contribution in [2.75, 3.05) is 5.32 Å². The summed E-state index contributed by atoms with van der Waals surface area (Å²) in [6, 6.07) is 4.93. The Morgan fingerprint density at radius 3 is 2.59 bits per heavy atom. The van der Waals surface area contributed by atoms with Gasteiger partial charge in [0.2, 0.25) is 0 Å². The van der Waals surface area contributed by atoms with Gasteiger partial charge in [-0.1, -0.05) is 11.6 Å². The van der Waals surface area contributed by atoms with Gasteiger partial charge < -0.3 is 10.4 Å². The van der Waals surface area contributed by atoms with E-state index < -0.39 is 45.9 Å². The summed E-state index contributed by atoms with van der Waals surface area (Å²) >= 11 is 7.52. The number of nitrogens with one attached hydrogen (secondary N) is 2. The number of benzene rings is 2. The molecule has 0 radical (unpaired) electrons. The molecule has 0 saturated heterocycles. The van der Waals surface area contributed by atoms with Crippen LogP contribution in [0.15, 0.2) is 24.3 Å². The molecule has 1 amide bonds. The predicted molar refractivity (Wildman–Crippen MR) is 101 cm³/mol. The van der Waals surface area contributed by atoms with Crippen molar-refractivity contribution in [3.63, 3.8) is 0 Å². The van der Waals surface area contributed by atoms with Crippen molar-refractivity contribution in [1.29, 1.82) is 0 Å². The van der Waals surface area contributed by atoms with Crippen LogP contribution in [-0.4, -0.2) is 17.3 Å². The van der Waals surface area contributed by atoms with Crippen LogP contribution in [-0.2, 0) is 4.84 Å². The second kappa shape index (κ2) is 8.21. The van der Waals surface area contributed by atoms with E-state index in [-0.39, 0.29) is 11.6 Å². The highest BCUT2D eigenvalue weighted by molar-refractivity contribution is 14.1. The zero-order valence-corrected chi connectivity index (χ0v) is 16.4. The van der Waals surface area contributed by atoms with Crippen LogP contribution in [0.3, 0.4) is 0 Å². The molecule has 3 rings (SSSR count). The summed E-state index contributed by atoms with van der Waals surface area (Å²) in [5, 5.41) is 11.4. The van der Waals surface area contributed by atoms with Crippen molar-refractivity contribution in [2.45, 2.75) is 19.1 Å². The first kappa shape index (κ1) is 20.2. The number of rotatable bonds is 6. The van der Waals surface area contributed by atoms with Crippen LogP contribution in [0.2, 0.25) is 5.02 Å². The molecule has 27 heavy (non-hydrogen) atoms. The summed E-state index contributed by atoms with van der Waals surface area (Å²) in [5.74, 6) is -4.63. The highest BCUT2D eigenvalue weighted by Crippen LogP contribution is 2.34. The first-order valence-corrected chi connectivity index (χ1v) is 9.27. The lowest BCUT2D eigenvalue weighted by atomic mass is 10.1. The Bertz CT molecular complexity index is 896. The Labute approximate surface area is 170 Å². The lowest BCUT2D eigenvalue weighted by molar-refractivity contribution is -0.145. The lowest BCUT2D eigenvalue weighted by Gasteiger charge is -2.16. The Morgan fingerprint density at radius 2 is 1.96 bits per heavy atom.